The normalized spacial score (nSPS) is 13.4. The number of anilines is 3. The topological polar surface area (TPSA) is 87.7 Å². The zero-order valence-electron chi connectivity index (χ0n) is 15.5. The van der Waals surface area contributed by atoms with E-state index < -0.39 is 17.8 Å². The standard InChI is InChI=1S/C20H17F3N6O/c21-20(22,23)13-3-5-14(6-4-13)26-19(30)27-15-7-9-16(10-8-15)29-12-25-18(24)17-2-1-11-28(17)29/h1-11H,12H2,(H2,24,25)(H2,26,27,30). The second kappa shape index (κ2) is 7.47. The Hall–Kier alpha value is -3.95. The van der Waals surface area contributed by atoms with Crippen molar-refractivity contribution in [1.29, 1.82) is 0 Å². The summed E-state index contributed by atoms with van der Waals surface area (Å²) in [6.07, 6.45) is -2.55. The van der Waals surface area contributed by atoms with Crippen molar-refractivity contribution in [3.63, 3.8) is 0 Å². The lowest BCUT2D eigenvalue weighted by Gasteiger charge is -2.29. The maximum atomic E-state index is 12.6. The van der Waals surface area contributed by atoms with Crippen LogP contribution in [-0.4, -0.2) is 23.2 Å². The fourth-order valence-electron chi connectivity index (χ4n) is 3.04. The van der Waals surface area contributed by atoms with Gasteiger partial charge in [0.05, 0.1) is 11.3 Å². The number of benzene rings is 2. The molecule has 0 spiro atoms. The van der Waals surface area contributed by atoms with Gasteiger partial charge in [-0.1, -0.05) is 0 Å². The third-order valence-electron chi connectivity index (χ3n) is 4.52. The van der Waals surface area contributed by atoms with E-state index in [2.05, 4.69) is 15.6 Å². The number of amides is 2. The molecule has 154 valence electrons. The van der Waals surface area contributed by atoms with Crippen LogP contribution in [-0.2, 0) is 6.18 Å². The lowest BCUT2D eigenvalue weighted by molar-refractivity contribution is -0.137. The second-order valence-electron chi connectivity index (χ2n) is 6.52. The Morgan fingerprint density at radius 2 is 1.57 bits per heavy atom. The predicted octanol–water partition coefficient (Wildman–Crippen LogP) is 4.10. The monoisotopic (exact) mass is 414 g/mol. The van der Waals surface area contributed by atoms with Gasteiger partial charge in [-0.15, -0.1) is 0 Å². The van der Waals surface area contributed by atoms with Gasteiger partial charge in [-0.3, -0.25) is 9.69 Å². The van der Waals surface area contributed by atoms with Crippen molar-refractivity contribution in [1.82, 2.24) is 4.68 Å². The van der Waals surface area contributed by atoms with E-state index in [1.807, 2.05) is 40.1 Å². The Morgan fingerprint density at radius 3 is 2.17 bits per heavy atom. The minimum absolute atomic E-state index is 0.251. The fraction of sp³-hybridized carbons (Fsp3) is 0.100. The molecular formula is C20H17F3N6O. The number of nitrogens with one attached hydrogen (secondary N) is 2. The van der Waals surface area contributed by atoms with Crippen LogP contribution in [0.4, 0.5) is 35.0 Å². The molecule has 30 heavy (non-hydrogen) atoms. The predicted molar refractivity (Wildman–Crippen MR) is 108 cm³/mol. The number of rotatable bonds is 3. The molecule has 7 nitrogen and oxygen atoms in total. The average molecular weight is 414 g/mol. The van der Waals surface area contributed by atoms with Crippen LogP contribution in [0.5, 0.6) is 0 Å². The number of aliphatic imine (C=N–C) groups is 1. The third-order valence-corrected chi connectivity index (χ3v) is 4.52. The van der Waals surface area contributed by atoms with E-state index in [-0.39, 0.29) is 5.69 Å². The maximum absolute atomic E-state index is 12.6. The molecule has 3 aromatic rings. The van der Waals surface area contributed by atoms with Gasteiger partial charge in [-0.25, -0.2) is 9.79 Å². The van der Waals surface area contributed by atoms with E-state index in [1.165, 1.54) is 12.1 Å². The zero-order valence-corrected chi connectivity index (χ0v) is 15.5. The summed E-state index contributed by atoms with van der Waals surface area (Å²) in [4.78, 5) is 16.4. The van der Waals surface area contributed by atoms with Crippen molar-refractivity contribution in [2.75, 3.05) is 22.3 Å². The first kappa shape index (κ1) is 19.4. The highest BCUT2D eigenvalue weighted by Crippen LogP contribution is 2.30. The maximum Gasteiger partial charge on any atom is 0.416 e. The van der Waals surface area contributed by atoms with E-state index in [1.54, 1.807) is 12.1 Å². The molecule has 0 aliphatic carbocycles. The van der Waals surface area contributed by atoms with Gasteiger partial charge in [0.1, 0.15) is 18.2 Å². The van der Waals surface area contributed by atoms with Gasteiger partial charge in [0, 0.05) is 17.6 Å². The van der Waals surface area contributed by atoms with Crippen LogP contribution in [0.1, 0.15) is 11.3 Å². The number of nitrogens with zero attached hydrogens (tertiary/aromatic N) is 3. The number of halogens is 3. The van der Waals surface area contributed by atoms with E-state index in [0.29, 0.717) is 18.2 Å². The van der Waals surface area contributed by atoms with Gasteiger partial charge in [0.15, 0.2) is 0 Å². The Labute approximate surface area is 169 Å². The summed E-state index contributed by atoms with van der Waals surface area (Å²) in [5.41, 5.74) is 7.53. The fourth-order valence-corrected chi connectivity index (χ4v) is 3.04. The molecule has 2 heterocycles. The molecule has 1 aliphatic heterocycles. The number of amidine groups is 1. The number of aromatic nitrogens is 1. The molecule has 0 radical (unpaired) electrons. The molecule has 0 saturated heterocycles. The lowest BCUT2D eigenvalue weighted by Crippen LogP contribution is -2.38. The first-order valence-electron chi connectivity index (χ1n) is 8.92. The van der Waals surface area contributed by atoms with Gasteiger partial charge in [0.25, 0.3) is 0 Å². The summed E-state index contributed by atoms with van der Waals surface area (Å²) in [5, 5.41) is 7.05. The molecule has 1 aliphatic rings. The molecule has 0 fully saturated rings. The van der Waals surface area contributed by atoms with Gasteiger partial charge in [-0.2, -0.15) is 13.2 Å². The molecule has 4 rings (SSSR count). The SMILES string of the molecule is NC1=NCN(c2ccc(NC(=O)Nc3ccc(C(F)(F)F)cc3)cc2)n2cccc21. The number of alkyl halides is 3. The Morgan fingerprint density at radius 1 is 0.967 bits per heavy atom. The highest BCUT2D eigenvalue weighted by molar-refractivity contribution is 6.00. The Bertz CT molecular complexity index is 1090. The van der Waals surface area contributed by atoms with Crippen LogP contribution in [0.2, 0.25) is 0 Å². The van der Waals surface area contributed by atoms with Gasteiger partial charge in [0.2, 0.25) is 0 Å². The minimum atomic E-state index is -4.42. The number of fused-ring (bicyclic) bond motifs is 1. The number of urea groups is 1. The van der Waals surface area contributed by atoms with Crippen LogP contribution in [0, 0.1) is 0 Å². The highest BCUT2D eigenvalue weighted by atomic mass is 19.4. The zero-order chi connectivity index (χ0) is 21.3. The first-order valence-corrected chi connectivity index (χ1v) is 8.92. The van der Waals surface area contributed by atoms with Crippen LogP contribution in [0.15, 0.2) is 71.9 Å². The van der Waals surface area contributed by atoms with Crippen molar-refractivity contribution in [2.24, 2.45) is 10.7 Å². The van der Waals surface area contributed by atoms with Crippen LogP contribution < -0.4 is 21.4 Å². The molecule has 1 aromatic heterocycles. The number of carbonyl (C=O) groups excluding carboxylic acids is 1. The quantitative estimate of drug-likeness (QED) is 0.603. The Balaban J connectivity index is 1.40. The summed E-state index contributed by atoms with van der Waals surface area (Å²) in [6, 6.07) is 14.4. The smallest absolute Gasteiger partial charge is 0.382 e. The average Bonchev–Trinajstić information content (AvgIpc) is 3.20. The van der Waals surface area contributed by atoms with E-state index >= 15 is 0 Å². The second-order valence-corrected chi connectivity index (χ2v) is 6.52. The molecule has 2 aromatic carbocycles. The summed E-state index contributed by atoms with van der Waals surface area (Å²) in [5.74, 6) is 0.467. The third kappa shape index (κ3) is 3.93. The van der Waals surface area contributed by atoms with Gasteiger partial charge in [-0.05, 0) is 60.7 Å². The summed E-state index contributed by atoms with van der Waals surface area (Å²) < 4.78 is 39.7. The largest absolute Gasteiger partial charge is 0.416 e. The van der Waals surface area contributed by atoms with Crippen LogP contribution in [0.3, 0.4) is 0 Å². The van der Waals surface area contributed by atoms with E-state index in [9.17, 15) is 18.0 Å². The molecule has 10 heteroatoms. The van der Waals surface area contributed by atoms with Crippen molar-refractivity contribution in [2.45, 2.75) is 6.18 Å². The summed E-state index contributed by atoms with van der Waals surface area (Å²) in [6.45, 7) is 0.356. The molecule has 4 N–H and O–H groups in total. The molecule has 0 saturated carbocycles. The van der Waals surface area contributed by atoms with Crippen LogP contribution >= 0.6 is 0 Å². The van der Waals surface area contributed by atoms with Crippen molar-refractivity contribution < 1.29 is 18.0 Å². The molecule has 0 atom stereocenters. The minimum Gasteiger partial charge on any atom is -0.382 e. The lowest BCUT2D eigenvalue weighted by atomic mass is 10.2. The molecule has 0 bridgehead atoms. The first-order chi connectivity index (χ1) is 14.3. The van der Waals surface area contributed by atoms with Crippen molar-refractivity contribution in [3.05, 3.63) is 78.1 Å². The number of hydrogen-bond donors (Lipinski definition) is 3. The van der Waals surface area contributed by atoms with E-state index in [4.69, 9.17) is 5.73 Å². The Kier molecular flexibility index (Phi) is 4.82. The van der Waals surface area contributed by atoms with Gasteiger partial charge < -0.3 is 16.4 Å². The number of nitrogens with two attached hydrogens (primary N) is 1. The van der Waals surface area contributed by atoms with Gasteiger partial charge >= 0.3 is 12.2 Å². The van der Waals surface area contributed by atoms with Crippen molar-refractivity contribution in [3.8, 4) is 0 Å². The molecular weight excluding hydrogens is 397 g/mol. The highest BCUT2D eigenvalue weighted by Gasteiger charge is 2.30. The summed E-state index contributed by atoms with van der Waals surface area (Å²) >= 11 is 0. The summed E-state index contributed by atoms with van der Waals surface area (Å²) in [7, 11) is 0. The molecule has 2 amide bonds. The van der Waals surface area contributed by atoms with Crippen molar-refractivity contribution >= 4 is 28.9 Å². The number of hydrogen-bond acceptors (Lipinski definition) is 4. The van der Waals surface area contributed by atoms with E-state index in [0.717, 1.165) is 23.5 Å². The van der Waals surface area contributed by atoms with Crippen LogP contribution in [0.25, 0.3) is 0 Å². The number of carbonyl (C=O) groups is 1. The molecule has 0 unspecified atom stereocenters.